The van der Waals surface area contributed by atoms with Crippen LogP contribution in [0.4, 0.5) is 0 Å². The minimum atomic E-state index is -0.926. The van der Waals surface area contributed by atoms with E-state index in [0.717, 1.165) is 24.8 Å². The number of rotatable bonds is 7. The molecule has 0 amide bonds. The lowest BCUT2D eigenvalue weighted by molar-refractivity contribution is 0.0697. The number of benzene rings is 1. The second kappa shape index (κ2) is 6.96. The molecule has 0 unspecified atom stereocenters. The molecule has 0 radical (unpaired) electrons. The van der Waals surface area contributed by atoms with Gasteiger partial charge in [0.2, 0.25) is 0 Å². The summed E-state index contributed by atoms with van der Waals surface area (Å²) >= 11 is 0. The summed E-state index contributed by atoms with van der Waals surface area (Å²) in [6.45, 7) is 0.617. The number of hydrogen-bond donors (Lipinski definition) is 1. The number of aromatic carboxylic acids is 1. The van der Waals surface area contributed by atoms with Crippen molar-refractivity contribution in [2.24, 2.45) is 0 Å². The van der Waals surface area contributed by atoms with E-state index in [2.05, 4.69) is 15.5 Å². The number of fused-ring (bicyclic) bond motifs is 1. The number of carboxylic acid groups (broad SMARTS) is 1. The average molecular weight is 310 g/mol. The van der Waals surface area contributed by atoms with Crippen LogP contribution in [0.15, 0.2) is 55.0 Å². The highest BCUT2D eigenvalue weighted by Gasteiger charge is 2.03. The minimum absolute atomic E-state index is 0.269. The molecule has 0 aliphatic carbocycles. The van der Waals surface area contributed by atoms with Crippen molar-refractivity contribution in [2.75, 3.05) is 6.61 Å². The Morgan fingerprint density at radius 2 is 1.96 bits per heavy atom. The van der Waals surface area contributed by atoms with Gasteiger partial charge in [0.1, 0.15) is 5.75 Å². The van der Waals surface area contributed by atoms with Gasteiger partial charge >= 0.3 is 5.97 Å². The van der Waals surface area contributed by atoms with Crippen LogP contribution in [0.1, 0.15) is 28.9 Å². The zero-order valence-electron chi connectivity index (χ0n) is 12.7. The van der Waals surface area contributed by atoms with Gasteiger partial charge in [0, 0.05) is 5.69 Å². The highest BCUT2D eigenvalue weighted by atomic mass is 16.5. The van der Waals surface area contributed by atoms with Crippen LogP contribution in [0.2, 0.25) is 0 Å². The summed E-state index contributed by atoms with van der Waals surface area (Å²) in [6.07, 6.45) is 6.61. The molecule has 1 N–H and O–H groups in total. The summed E-state index contributed by atoms with van der Waals surface area (Å²) in [5.41, 5.74) is 2.62. The summed E-state index contributed by atoms with van der Waals surface area (Å²) in [5.74, 6) is -0.225. The van der Waals surface area contributed by atoms with Gasteiger partial charge < -0.3 is 14.2 Å². The van der Waals surface area contributed by atoms with Crippen molar-refractivity contribution < 1.29 is 14.6 Å². The number of carboxylic acids is 1. The Morgan fingerprint density at radius 3 is 2.74 bits per heavy atom. The standard InChI is InChI=1S/C18H18N2O3/c21-18(22)14-7-9-17(10-8-14)23-11-2-1-4-15-5-3-6-16-12-19-13-20(15)16/h3,5-10,12-13H,1-2,4,11H2,(H,21,22). The lowest BCUT2D eigenvalue weighted by atomic mass is 10.2. The molecule has 0 atom stereocenters. The number of carbonyl (C=O) groups is 1. The molecule has 0 aliphatic heterocycles. The molecule has 2 aromatic heterocycles. The van der Waals surface area contributed by atoms with Gasteiger partial charge in [-0.05, 0) is 55.7 Å². The Morgan fingerprint density at radius 1 is 1.13 bits per heavy atom. The number of imidazole rings is 1. The molecule has 5 heteroatoms. The summed E-state index contributed by atoms with van der Waals surface area (Å²) in [7, 11) is 0. The van der Waals surface area contributed by atoms with E-state index in [1.165, 1.54) is 5.69 Å². The van der Waals surface area contributed by atoms with Gasteiger partial charge in [0.25, 0.3) is 0 Å². The molecule has 3 rings (SSSR count). The molecule has 3 aromatic rings. The number of pyridine rings is 1. The van der Waals surface area contributed by atoms with Crippen LogP contribution in [0.3, 0.4) is 0 Å². The molecule has 5 nitrogen and oxygen atoms in total. The second-order valence-electron chi connectivity index (χ2n) is 5.34. The second-order valence-corrected chi connectivity index (χ2v) is 5.34. The van der Waals surface area contributed by atoms with Crippen LogP contribution in [-0.2, 0) is 6.42 Å². The normalized spacial score (nSPS) is 10.8. The van der Waals surface area contributed by atoms with Gasteiger partial charge in [-0.2, -0.15) is 0 Å². The average Bonchev–Trinajstić information content (AvgIpc) is 3.04. The van der Waals surface area contributed by atoms with Crippen LogP contribution in [-0.4, -0.2) is 27.1 Å². The van der Waals surface area contributed by atoms with Crippen molar-refractivity contribution in [2.45, 2.75) is 19.3 Å². The minimum Gasteiger partial charge on any atom is -0.494 e. The van der Waals surface area contributed by atoms with Crippen molar-refractivity contribution >= 4 is 11.5 Å². The first-order chi connectivity index (χ1) is 11.2. The Labute approximate surface area is 134 Å². The largest absolute Gasteiger partial charge is 0.494 e. The molecule has 0 saturated heterocycles. The zero-order chi connectivity index (χ0) is 16.1. The van der Waals surface area contributed by atoms with Crippen LogP contribution >= 0.6 is 0 Å². The topological polar surface area (TPSA) is 63.8 Å². The summed E-state index contributed by atoms with van der Waals surface area (Å²) < 4.78 is 7.74. The van der Waals surface area contributed by atoms with Crippen LogP contribution in [0, 0.1) is 0 Å². The van der Waals surface area contributed by atoms with E-state index >= 15 is 0 Å². The van der Waals surface area contributed by atoms with E-state index in [9.17, 15) is 4.79 Å². The van der Waals surface area contributed by atoms with E-state index in [4.69, 9.17) is 9.84 Å². The predicted octanol–water partition coefficient (Wildman–Crippen LogP) is 3.43. The van der Waals surface area contributed by atoms with E-state index in [-0.39, 0.29) is 5.56 Å². The first-order valence-electron chi connectivity index (χ1n) is 7.60. The number of hydrogen-bond acceptors (Lipinski definition) is 3. The number of nitrogens with zero attached hydrogens (tertiary/aromatic N) is 2. The molecule has 0 spiro atoms. The molecular formula is C18H18N2O3. The molecule has 118 valence electrons. The fourth-order valence-electron chi connectivity index (χ4n) is 2.50. The molecule has 23 heavy (non-hydrogen) atoms. The first-order valence-corrected chi connectivity index (χ1v) is 7.60. The fourth-order valence-corrected chi connectivity index (χ4v) is 2.50. The summed E-state index contributed by atoms with van der Waals surface area (Å²) in [6, 6.07) is 12.7. The van der Waals surface area contributed by atoms with Crippen LogP contribution < -0.4 is 4.74 Å². The van der Waals surface area contributed by atoms with E-state index in [1.54, 1.807) is 24.3 Å². The lowest BCUT2D eigenvalue weighted by Crippen LogP contribution is -2.01. The molecule has 0 fully saturated rings. The fraction of sp³-hybridized carbons (Fsp3) is 0.222. The lowest BCUT2D eigenvalue weighted by Gasteiger charge is -2.07. The quantitative estimate of drug-likeness (QED) is 0.679. The van der Waals surface area contributed by atoms with Gasteiger partial charge in [-0.15, -0.1) is 0 Å². The van der Waals surface area contributed by atoms with Crippen molar-refractivity contribution in [1.82, 2.24) is 9.38 Å². The van der Waals surface area contributed by atoms with Gasteiger partial charge in [-0.25, -0.2) is 9.78 Å². The maximum absolute atomic E-state index is 10.8. The molecule has 1 aromatic carbocycles. The predicted molar refractivity (Wildman–Crippen MR) is 87.0 cm³/mol. The Hall–Kier alpha value is -2.82. The number of aryl methyl sites for hydroxylation is 1. The van der Waals surface area contributed by atoms with Gasteiger partial charge in [-0.1, -0.05) is 6.07 Å². The van der Waals surface area contributed by atoms with Crippen molar-refractivity contribution in [3.8, 4) is 5.75 Å². The number of ether oxygens (including phenoxy) is 1. The van der Waals surface area contributed by atoms with Gasteiger partial charge in [0.05, 0.1) is 30.2 Å². The maximum Gasteiger partial charge on any atom is 0.335 e. The Bertz CT molecular complexity index is 793. The van der Waals surface area contributed by atoms with Gasteiger partial charge in [0.15, 0.2) is 0 Å². The number of aromatic nitrogens is 2. The smallest absolute Gasteiger partial charge is 0.335 e. The van der Waals surface area contributed by atoms with E-state index < -0.39 is 5.97 Å². The van der Waals surface area contributed by atoms with Crippen molar-refractivity contribution in [3.05, 3.63) is 66.2 Å². The van der Waals surface area contributed by atoms with E-state index in [0.29, 0.717) is 12.4 Å². The SMILES string of the molecule is O=C(O)c1ccc(OCCCCc2cccc3cncn23)cc1. The highest BCUT2D eigenvalue weighted by Crippen LogP contribution is 2.14. The molecule has 2 heterocycles. The highest BCUT2D eigenvalue weighted by molar-refractivity contribution is 5.87. The van der Waals surface area contributed by atoms with Crippen LogP contribution in [0.25, 0.3) is 5.52 Å². The first kappa shape index (κ1) is 15.1. The summed E-state index contributed by atoms with van der Waals surface area (Å²) in [4.78, 5) is 14.9. The third kappa shape index (κ3) is 3.69. The van der Waals surface area contributed by atoms with E-state index in [1.807, 2.05) is 24.7 Å². The van der Waals surface area contributed by atoms with Gasteiger partial charge in [-0.3, -0.25) is 0 Å². The molecule has 0 bridgehead atoms. The number of unbranched alkanes of at least 4 members (excludes halogenated alkanes) is 1. The summed E-state index contributed by atoms with van der Waals surface area (Å²) in [5, 5.41) is 8.84. The van der Waals surface area contributed by atoms with Crippen molar-refractivity contribution in [1.29, 1.82) is 0 Å². The third-order valence-electron chi connectivity index (χ3n) is 3.73. The van der Waals surface area contributed by atoms with Crippen LogP contribution in [0.5, 0.6) is 5.75 Å². The third-order valence-corrected chi connectivity index (χ3v) is 3.73. The maximum atomic E-state index is 10.8. The molecule has 0 aliphatic rings. The molecular weight excluding hydrogens is 292 g/mol. The monoisotopic (exact) mass is 310 g/mol. The Balaban J connectivity index is 1.45. The van der Waals surface area contributed by atoms with Crippen molar-refractivity contribution in [3.63, 3.8) is 0 Å². The zero-order valence-corrected chi connectivity index (χ0v) is 12.7. The molecule has 0 saturated carbocycles. The Kier molecular flexibility index (Phi) is 4.57.